The van der Waals surface area contributed by atoms with E-state index in [-0.39, 0.29) is 11.4 Å². The maximum Gasteiger partial charge on any atom is 0.219 e. The molecule has 0 saturated carbocycles. The van der Waals surface area contributed by atoms with Gasteiger partial charge < -0.3 is 16.0 Å². The van der Waals surface area contributed by atoms with Crippen molar-refractivity contribution in [1.82, 2.24) is 10.2 Å². The van der Waals surface area contributed by atoms with Crippen LogP contribution in [0.5, 0.6) is 0 Å². The first-order chi connectivity index (χ1) is 7.15. The number of hydrogen-bond donors (Lipinski definition) is 2. The zero-order valence-electron chi connectivity index (χ0n) is 9.46. The number of rotatable bonds is 3. The second kappa shape index (κ2) is 4.10. The smallest absolute Gasteiger partial charge is 0.219 e. The summed E-state index contributed by atoms with van der Waals surface area (Å²) >= 11 is 0. The molecule has 0 radical (unpaired) electrons. The highest BCUT2D eigenvalue weighted by atomic mass is 16.1. The molecule has 4 nitrogen and oxygen atoms in total. The minimum atomic E-state index is -0.184. The molecular formula is C11H21N3O. The van der Waals surface area contributed by atoms with E-state index in [0.29, 0.717) is 12.5 Å². The summed E-state index contributed by atoms with van der Waals surface area (Å²) in [6.45, 7) is 2.35. The number of nitrogens with zero attached hydrogens (tertiary/aromatic N) is 1. The molecule has 0 spiro atoms. The molecule has 0 bridgehead atoms. The molecule has 0 aromatic heterocycles. The van der Waals surface area contributed by atoms with Crippen LogP contribution < -0.4 is 11.1 Å². The molecule has 2 aliphatic heterocycles. The van der Waals surface area contributed by atoms with Gasteiger partial charge in [-0.2, -0.15) is 0 Å². The lowest BCUT2D eigenvalue weighted by Gasteiger charge is -2.43. The number of amides is 1. The number of primary amides is 1. The van der Waals surface area contributed by atoms with Crippen LogP contribution in [-0.2, 0) is 4.79 Å². The van der Waals surface area contributed by atoms with E-state index in [4.69, 9.17) is 5.73 Å². The molecule has 2 heterocycles. The van der Waals surface area contributed by atoms with Gasteiger partial charge in [0, 0.05) is 24.5 Å². The summed E-state index contributed by atoms with van der Waals surface area (Å²) in [6.07, 6.45) is 5.19. The summed E-state index contributed by atoms with van der Waals surface area (Å²) in [5, 5.41) is 3.33. The number of carbonyl (C=O) groups excluding carboxylic acids is 1. The van der Waals surface area contributed by atoms with Crippen LogP contribution in [0.3, 0.4) is 0 Å². The van der Waals surface area contributed by atoms with E-state index >= 15 is 0 Å². The van der Waals surface area contributed by atoms with Gasteiger partial charge in [0.1, 0.15) is 0 Å². The summed E-state index contributed by atoms with van der Waals surface area (Å²) in [5.74, 6) is -0.184. The van der Waals surface area contributed by atoms with Crippen molar-refractivity contribution in [3.8, 4) is 0 Å². The highest BCUT2D eigenvalue weighted by Crippen LogP contribution is 2.34. The molecule has 0 aromatic carbocycles. The van der Waals surface area contributed by atoms with E-state index < -0.39 is 0 Å². The third-order valence-corrected chi connectivity index (χ3v) is 4.05. The Balaban J connectivity index is 2.04. The number of carbonyl (C=O) groups is 1. The predicted molar refractivity (Wildman–Crippen MR) is 59.4 cm³/mol. The summed E-state index contributed by atoms with van der Waals surface area (Å²) in [7, 11) is 1.95. The van der Waals surface area contributed by atoms with Gasteiger partial charge in [-0.05, 0) is 39.3 Å². The normalized spacial score (nSPS) is 36.5. The maximum atomic E-state index is 11.1. The van der Waals surface area contributed by atoms with E-state index in [0.717, 1.165) is 19.4 Å². The fourth-order valence-electron chi connectivity index (χ4n) is 3.14. The molecule has 0 aromatic rings. The van der Waals surface area contributed by atoms with Crippen molar-refractivity contribution in [2.24, 2.45) is 5.73 Å². The first-order valence-electron chi connectivity index (χ1n) is 5.86. The van der Waals surface area contributed by atoms with Gasteiger partial charge in [0.2, 0.25) is 5.91 Å². The molecule has 2 unspecified atom stereocenters. The average Bonchev–Trinajstić information content (AvgIpc) is 2.63. The highest BCUT2D eigenvalue weighted by molar-refractivity contribution is 5.75. The van der Waals surface area contributed by atoms with Crippen LogP contribution in [0.4, 0.5) is 0 Å². The first kappa shape index (κ1) is 10.9. The molecule has 1 amide bonds. The van der Waals surface area contributed by atoms with Gasteiger partial charge in [-0.3, -0.25) is 4.79 Å². The van der Waals surface area contributed by atoms with E-state index in [1.165, 1.54) is 19.4 Å². The number of hydrogen-bond acceptors (Lipinski definition) is 3. The topological polar surface area (TPSA) is 58.4 Å². The van der Waals surface area contributed by atoms with E-state index in [1.807, 2.05) is 7.05 Å². The van der Waals surface area contributed by atoms with Crippen LogP contribution in [0.2, 0.25) is 0 Å². The number of piperidine rings is 1. The van der Waals surface area contributed by atoms with Crippen molar-refractivity contribution < 1.29 is 4.79 Å². The lowest BCUT2D eigenvalue weighted by atomic mass is 9.80. The maximum absolute atomic E-state index is 11.1. The van der Waals surface area contributed by atoms with Gasteiger partial charge in [0.05, 0.1) is 0 Å². The minimum absolute atomic E-state index is 0.0304. The molecule has 0 aliphatic carbocycles. The third kappa shape index (κ3) is 2.16. The fraction of sp³-hybridized carbons (Fsp3) is 0.909. The van der Waals surface area contributed by atoms with E-state index in [2.05, 4.69) is 10.2 Å². The molecule has 15 heavy (non-hydrogen) atoms. The van der Waals surface area contributed by atoms with Crippen molar-refractivity contribution in [3.63, 3.8) is 0 Å². The molecule has 2 atom stereocenters. The second-order valence-electron chi connectivity index (χ2n) is 4.96. The van der Waals surface area contributed by atoms with E-state index in [9.17, 15) is 4.79 Å². The largest absolute Gasteiger partial charge is 0.370 e. The van der Waals surface area contributed by atoms with Gasteiger partial charge in [-0.1, -0.05) is 0 Å². The van der Waals surface area contributed by atoms with Crippen LogP contribution in [0, 0.1) is 0 Å². The van der Waals surface area contributed by atoms with Crippen molar-refractivity contribution >= 4 is 5.91 Å². The Bertz CT molecular complexity index is 256. The molecule has 3 N–H and O–H groups in total. The molecule has 2 saturated heterocycles. The lowest BCUT2D eigenvalue weighted by molar-refractivity contribution is -0.120. The Morgan fingerprint density at radius 1 is 1.60 bits per heavy atom. The fourth-order valence-corrected chi connectivity index (χ4v) is 3.14. The van der Waals surface area contributed by atoms with Crippen LogP contribution >= 0.6 is 0 Å². The molecule has 4 heteroatoms. The Labute approximate surface area is 91.2 Å². The van der Waals surface area contributed by atoms with Gasteiger partial charge in [0.25, 0.3) is 0 Å². The zero-order chi connectivity index (χ0) is 10.9. The number of nitrogens with two attached hydrogens (primary N) is 1. The van der Waals surface area contributed by atoms with Crippen LogP contribution in [0.25, 0.3) is 0 Å². The van der Waals surface area contributed by atoms with Gasteiger partial charge >= 0.3 is 0 Å². The molecular weight excluding hydrogens is 190 g/mol. The summed E-state index contributed by atoms with van der Waals surface area (Å²) in [6, 6.07) is 0.672. The van der Waals surface area contributed by atoms with Gasteiger partial charge in [-0.15, -0.1) is 0 Å². The molecule has 86 valence electrons. The first-order valence-corrected chi connectivity index (χ1v) is 5.86. The number of fused-ring (bicyclic) bond motifs is 1. The summed E-state index contributed by atoms with van der Waals surface area (Å²) in [4.78, 5) is 13.6. The van der Waals surface area contributed by atoms with Crippen molar-refractivity contribution in [2.75, 3.05) is 20.1 Å². The van der Waals surface area contributed by atoms with Crippen molar-refractivity contribution in [3.05, 3.63) is 0 Å². The molecule has 2 aliphatic rings. The predicted octanol–water partition coefficient (Wildman–Crippen LogP) is 0.0782. The summed E-state index contributed by atoms with van der Waals surface area (Å²) in [5.41, 5.74) is 5.30. The SMILES string of the molecule is CNC1(CC(N)=O)CCN2CCCC2C1. The standard InChI is InChI=1S/C11H21N3O/c1-13-11(8-10(12)15)4-6-14-5-2-3-9(14)7-11/h9,13H,2-8H2,1H3,(H2,12,15). The Morgan fingerprint density at radius 3 is 3.07 bits per heavy atom. The average molecular weight is 211 g/mol. The minimum Gasteiger partial charge on any atom is -0.370 e. The number of nitrogens with one attached hydrogen (secondary N) is 1. The van der Waals surface area contributed by atoms with Crippen molar-refractivity contribution in [1.29, 1.82) is 0 Å². The van der Waals surface area contributed by atoms with Crippen LogP contribution in [-0.4, -0.2) is 42.5 Å². The summed E-state index contributed by atoms with van der Waals surface area (Å²) < 4.78 is 0. The van der Waals surface area contributed by atoms with Crippen LogP contribution in [0.1, 0.15) is 32.1 Å². The second-order valence-corrected chi connectivity index (χ2v) is 4.96. The Hall–Kier alpha value is -0.610. The Morgan fingerprint density at radius 2 is 2.40 bits per heavy atom. The zero-order valence-corrected chi connectivity index (χ0v) is 9.46. The Kier molecular flexibility index (Phi) is 2.98. The third-order valence-electron chi connectivity index (χ3n) is 4.05. The highest BCUT2D eigenvalue weighted by Gasteiger charge is 2.41. The van der Waals surface area contributed by atoms with Gasteiger partial charge in [0.15, 0.2) is 0 Å². The van der Waals surface area contributed by atoms with Crippen LogP contribution in [0.15, 0.2) is 0 Å². The monoisotopic (exact) mass is 211 g/mol. The van der Waals surface area contributed by atoms with Crippen molar-refractivity contribution in [2.45, 2.75) is 43.7 Å². The lowest BCUT2D eigenvalue weighted by Crippen LogP contribution is -2.56. The molecule has 2 rings (SSSR count). The van der Waals surface area contributed by atoms with E-state index in [1.54, 1.807) is 0 Å². The molecule has 2 fully saturated rings. The quantitative estimate of drug-likeness (QED) is 0.695. The van der Waals surface area contributed by atoms with Gasteiger partial charge in [-0.25, -0.2) is 0 Å².